The highest BCUT2D eigenvalue weighted by Crippen LogP contribution is 2.43. The molecule has 0 bridgehead atoms. The van der Waals surface area contributed by atoms with Crippen molar-refractivity contribution in [3.8, 4) is 11.5 Å². The van der Waals surface area contributed by atoms with Crippen molar-refractivity contribution in [2.24, 2.45) is 0 Å². The molecule has 0 saturated heterocycles. The van der Waals surface area contributed by atoms with Crippen molar-refractivity contribution in [3.63, 3.8) is 0 Å². The smallest absolute Gasteiger partial charge is 0.417 e. The third kappa shape index (κ3) is 6.18. The Morgan fingerprint density at radius 2 is 1.71 bits per heavy atom. The molecule has 0 aromatic heterocycles. The van der Waals surface area contributed by atoms with Gasteiger partial charge < -0.3 is 9.47 Å². The van der Waals surface area contributed by atoms with Gasteiger partial charge in [0.25, 0.3) is 5.69 Å². The zero-order chi connectivity index (χ0) is 25.0. The summed E-state index contributed by atoms with van der Waals surface area (Å²) in [6.07, 6.45) is -5.14. The van der Waals surface area contributed by atoms with Crippen LogP contribution in [0.25, 0.3) is 0 Å². The van der Waals surface area contributed by atoms with Crippen LogP contribution in [0.4, 0.5) is 18.9 Å². The van der Waals surface area contributed by atoms with Crippen molar-refractivity contribution in [1.82, 2.24) is 0 Å². The summed E-state index contributed by atoms with van der Waals surface area (Å²) in [5.41, 5.74) is 0.297. The first kappa shape index (κ1) is 25.3. The predicted octanol–water partition coefficient (Wildman–Crippen LogP) is 7.31. The lowest BCUT2D eigenvalue weighted by molar-refractivity contribution is -0.385. The number of rotatable bonds is 7. The average molecular weight is 514 g/mol. The van der Waals surface area contributed by atoms with Crippen molar-refractivity contribution < 1.29 is 32.4 Å². The summed E-state index contributed by atoms with van der Waals surface area (Å²) in [6, 6.07) is 12.5. The van der Waals surface area contributed by atoms with E-state index in [2.05, 4.69) is 0 Å². The van der Waals surface area contributed by atoms with Crippen LogP contribution in [0.3, 0.4) is 0 Å². The molecule has 0 radical (unpaired) electrons. The first-order valence-corrected chi connectivity index (χ1v) is 10.4. The van der Waals surface area contributed by atoms with Gasteiger partial charge in [0.1, 0.15) is 23.1 Å². The molecule has 0 N–H and O–H groups in total. The Morgan fingerprint density at radius 1 is 1.03 bits per heavy atom. The molecular formula is C23H16Cl2F3NO5. The number of carbonyl (C=O) groups is 1. The van der Waals surface area contributed by atoms with Crippen molar-refractivity contribution in [3.05, 3.63) is 97.0 Å². The number of nitro benzene ring substituents is 1. The summed E-state index contributed by atoms with van der Waals surface area (Å²) >= 11 is 11.7. The highest BCUT2D eigenvalue weighted by Gasteiger charge is 2.34. The maximum atomic E-state index is 13.0. The molecule has 11 heteroatoms. The SMILES string of the molecule is Cc1ccc(COC(=O)Cc2cc(Oc3ccc(C(F)(F)F)c(Cl)c3Cl)ccc2[N+](=O)[O-])cc1. The molecule has 0 saturated carbocycles. The summed E-state index contributed by atoms with van der Waals surface area (Å²) < 4.78 is 49.6. The number of benzene rings is 3. The molecule has 0 amide bonds. The molecule has 3 rings (SSSR count). The van der Waals surface area contributed by atoms with Gasteiger partial charge in [-0.1, -0.05) is 53.0 Å². The van der Waals surface area contributed by atoms with Gasteiger partial charge in [0.15, 0.2) is 0 Å². The van der Waals surface area contributed by atoms with E-state index in [4.69, 9.17) is 32.7 Å². The molecule has 0 spiro atoms. The number of hydrogen-bond donors (Lipinski definition) is 0. The maximum Gasteiger partial charge on any atom is 0.417 e. The van der Waals surface area contributed by atoms with Gasteiger partial charge in [-0.15, -0.1) is 0 Å². The molecule has 0 heterocycles. The van der Waals surface area contributed by atoms with Gasteiger partial charge in [0, 0.05) is 11.6 Å². The maximum absolute atomic E-state index is 13.0. The topological polar surface area (TPSA) is 78.7 Å². The summed E-state index contributed by atoms with van der Waals surface area (Å²) in [5.74, 6) is -0.900. The number of halogens is 5. The normalized spacial score (nSPS) is 11.2. The Kier molecular flexibility index (Phi) is 7.68. The largest absolute Gasteiger partial charge is 0.461 e. The standard InChI is InChI=1S/C23H16Cl2F3NO5/c1-13-2-4-14(5-3-13)12-33-20(30)11-15-10-16(6-8-18(15)29(31)32)34-19-9-7-17(23(26,27)28)21(24)22(19)25/h2-10H,11-12H2,1H3. The van der Waals surface area contributed by atoms with Crippen LogP contribution in [0, 0.1) is 17.0 Å². The van der Waals surface area contributed by atoms with Gasteiger partial charge >= 0.3 is 12.1 Å². The molecule has 0 unspecified atom stereocenters. The van der Waals surface area contributed by atoms with Crippen LogP contribution in [-0.2, 0) is 28.7 Å². The highest BCUT2D eigenvalue weighted by atomic mass is 35.5. The van der Waals surface area contributed by atoms with Gasteiger partial charge in [-0.25, -0.2) is 0 Å². The second kappa shape index (κ2) is 10.3. The summed E-state index contributed by atoms with van der Waals surface area (Å²) in [6.45, 7) is 1.90. The van der Waals surface area contributed by atoms with Crippen LogP contribution < -0.4 is 4.74 Å². The van der Waals surface area contributed by atoms with E-state index < -0.39 is 39.1 Å². The number of hydrogen-bond acceptors (Lipinski definition) is 5. The Hall–Kier alpha value is -3.30. The second-order valence-electron chi connectivity index (χ2n) is 7.21. The van der Waals surface area contributed by atoms with Gasteiger partial charge in [-0.05, 0) is 36.8 Å². The summed E-state index contributed by atoms with van der Waals surface area (Å²) in [5, 5.41) is 10.2. The molecule has 34 heavy (non-hydrogen) atoms. The van der Waals surface area contributed by atoms with E-state index in [9.17, 15) is 28.1 Å². The molecule has 0 atom stereocenters. The molecule has 6 nitrogen and oxygen atoms in total. The minimum atomic E-state index is -4.71. The highest BCUT2D eigenvalue weighted by molar-refractivity contribution is 6.43. The molecule has 0 aliphatic carbocycles. The minimum absolute atomic E-state index is 0.00431. The van der Waals surface area contributed by atoms with Crippen molar-refractivity contribution in [1.29, 1.82) is 0 Å². The quantitative estimate of drug-likeness (QED) is 0.188. The lowest BCUT2D eigenvalue weighted by atomic mass is 10.1. The van der Waals surface area contributed by atoms with Gasteiger partial charge in [-0.3, -0.25) is 14.9 Å². The number of nitrogens with zero attached hydrogens (tertiary/aromatic N) is 1. The van der Waals surface area contributed by atoms with Crippen LogP contribution >= 0.6 is 23.2 Å². The van der Waals surface area contributed by atoms with Gasteiger partial charge in [0.05, 0.1) is 21.9 Å². The number of ether oxygens (including phenoxy) is 2. The minimum Gasteiger partial charge on any atom is -0.461 e. The molecule has 0 aliphatic rings. The van der Waals surface area contributed by atoms with Gasteiger partial charge in [0.2, 0.25) is 0 Å². The number of nitro groups is 1. The summed E-state index contributed by atoms with van der Waals surface area (Å²) in [4.78, 5) is 23.0. The van der Waals surface area contributed by atoms with E-state index >= 15 is 0 Å². The number of esters is 1. The van der Waals surface area contributed by atoms with E-state index in [0.29, 0.717) is 6.07 Å². The fourth-order valence-corrected chi connectivity index (χ4v) is 3.42. The van der Waals surface area contributed by atoms with E-state index in [1.165, 1.54) is 12.1 Å². The number of alkyl halides is 3. The predicted molar refractivity (Wildman–Crippen MR) is 119 cm³/mol. The number of aryl methyl sites for hydroxylation is 1. The fraction of sp³-hybridized carbons (Fsp3) is 0.174. The first-order chi connectivity index (χ1) is 16.0. The Bertz CT molecular complexity index is 1230. The third-order valence-corrected chi connectivity index (χ3v) is 5.55. The molecule has 3 aromatic carbocycles. The zero-order valence-electron chi connectivity index (χ0n) is 17.5. The van der Waals surface area contributed by atoms with Crippen molar-refractivity contribution in [2.45, 2.75) is 26.1 Å². The Labute approximate surface area is 202 Å². The monoisotopic (exact) mass is 513 g/mol. The van der Waals surface area contributed by atoms with Crippen LogP contribution in [0.2, 0.25) is 10.0 Å². The molecule has 0 aliphatic heterocycles. The third-order valence-electron chi connectivity index (χ3n) is 4.68. The Morgan fingerprint density at radius 3 is 2.32 bits per heavy atom. The Balaban J connectivity index is 1.79. The second-order valence-corrected chi connectivity index (χ2v) is 7.97. The fourth-order valence-electron chi connectivity index (χ4n) is 2.96. The average Bonchev–Trinajstić information content (AvgIpc) is 2.75. The summed E-state index contributed by atoms with van der Waals surface area (Å²) in [7, 11) is 0. The van der Waals surface area contributed by atoms with Crippen molar-refractivity contribution >= 4 is 34.9 Å². The molecule has 0 fully saturated rings. The van der Waals surface area contributed by atoms with Crippen molar-refractivity contribution in [2.75, 3.05) is 0 Å². The van der Waals surface area contributed by atoms with Crippen LogP contribution in [0.15, 0.2) is 54.6 Å². The molecule has 3 aromatic rings. The van der Waals surface area contributed by atoms with Crippen LogP contribution in [0.5, 0.6) is 11.5 Å². The van der Waals surface area contributed by atoms with E-state index in [1.807, 2.05) is 19.1 Å². The van der Waals surface area contributed by atoms with E-state index in [-0.39, 0.29) is 29.4 Å². The lowest BCUT2D eigenvalue weighted by Gasteiger charge is -2.14. The molecular weight excluding hydrogens is 498 g/mol. The first-order valence-electron chi connectivity index (χ1n) is 9.67. The van der Waals surface area contributed by atoms with E-state index in [0.717, 1.165) is 23.3 Å². The number of carbonyl (C=O) groups excluding carboxylic acids is 1. The van der Waals surface area contributed by atoms with Crippen LogP contribution in [0.1, 0.15) is 22.3 Å². The zero-order valence-corrected chi connectivity index (χ0v) is 19.0. The van der Waals surface area contributed by atoms with Crippen LogP contribution in [-0.4, -0.2) is 10.9 Å². The van der Waals surface area contributed by atoms with Gasteiger partial charge in [-0.2, -0.15) is 13.2 Å². The lowest BCUT2D eigenvalue weighted by Crippen LogP contribution is -2.10. The molecule has 178 valence electrons. The van der Waals surface area contributed by atoms with E-state index in [1.54, 1.807) is 12.1 Å².